The van der Waals surface area contributed by atoms with Gasteiger partial charge in [0, 0.05) is 5.69 Å². The number of aromatic nitrogens is 3. The van der Waals surface area contributed by atoms with Gasteiger partial charge in [0.1, 0.15) is 11.9 Å². The topological polar surface area (TPSA) is 78.3 Å². The van der Waals surface area contributed by atoms with Crippen LogP contribution in [0.1, 0.15) is 39.0 Å². The second kappa shape index (κ2) is 7.44. The Morgan fingerprint density at radius 3 is 2.75 bits per heavy atom. The monoisotopic (exact) mass is 378 g/mol. The first-order chi connectivity index (χ1) is 13.6. The molecule has 0 radical (unpaired) electrons. The normalized spacial score (nSPS) is 15.8. The third-order valence-electron chi connectivity index (χ3n) is 5.15. The molecule has 0 spiro atoms. The van der Waals surface area contributed by atoms with Crippen LogP contribution in [-0.4, -0.2) is 28.0 Å². The molecular formula is C21H22N4O3. The van der Waals surface area contributed by atoms with Crippen LogP contribution in [0.25, 0.3) is 0 Å². The predicted octanol–water partition coefficient (Wildman–Crippen LogP) is 3.43. The standard InChI is InChI=1S/C21H22N4O3/c1-13-5-4-6-17(14(13)2)22-21(26)20-18-12-28-19(11-25(18)24-23-20)15-7-9-16(27-3)10-8-15/h4-10,19H,11-12H2,1-3H3,(H,22,26)/t19-/m1/s1. The van der Waals surface area contributed by atoms with Crippen molar-refractivity contribution in [3.8, 4) is 5.75 Å². The second-order valence-electron chi connectivity index (χ2n) is 6.84. The number of anilines is 1. The van der Waals surface area contributed by atoms with Crippen LogP contribution < -0.4 is 10.1 Å². The van der Waals surface area contributed by atoms with Crippen molar-refractivity contribution in [2.45, 2.75) is 33.1 Å². The van der Waals surface area contributed by atoms with Crippen molar-refractivity contribution in [3.05, 3.63) is 70.5 Å². The van der Waals surface area contributed by atoms with E-state index in [0.717, 1.165) is 28.1 Å². The molecule has 1 amide bonds. The maximum atomic E-state index is 12.7. The van der Waals surface area contributed by atoms with E-state index < -0.39 is 0 Å². The molecule has 3 aromatic rings. The number of hydrogen-bond donors (Lipinski definition) is 1. The van der Waals surface area contributed by atoms with Crippen molar-refractivity contribution in [2.24, 2.45) is 0 Å². The van der Waals surface area contributed by atoms with Crippen LogP contribution in [0.2, 0.25) is 0 Å². The number of fused-ring (bicyclic) bond motifs is 1. The Kier molecular flexibility index (Phi) is 4.83. The van der Waals surface area contributed by atoms with E-state index in [-0.39, 0.29) is 18.6 Å². The van der Waals surface area contributed by atoms with E-state index in [9.17, 15) is 4.79 Å². The quantitative estimate of drug-likeness (QED) is 0.753. The average Bonchev–Trinajstić information content (AvgIpc) is 3.15. The van der Waals surface area contributed by atoms with Crippen LogP contribution in [0.4, 0.5) is 5.69 Å². The summed E-state index contributed by atoms with van der Waals surface area (Å²) in [6, 6.07) is 13.6. The number of hydrogen-bond acceptors (Lipinski definition) is 5. The van der Waals surface area contributed by atoms with Crippen molar-refractivity contribution in [1.82, 2.24) is 15.0 Å². The number of benzene rings is 2. The largest absolute Gasteiger partial charge is 0.497 e. The molecule has 7 nitrogen and oxygen atoms in total. The highest BCUT2D eigenvalue weighted by atomic mass is 16.5. The van der Waals surface area contributed by atoms with Gasteiger partial charge < -0.3 is 14.8 Å². The van der Waals surface area contributed by atoms with Gasteiger partial charge in [0.25, 0.3) is 5.91 Å². The molecule has 0 saturated heterocycles. The third kappa shape index (κ3) is 3.36. The molecule has 0 fully saturated rings. The first-order valence-corrected chi connectivity index (χ1v) is 9.12. The summed E-state index contributed by atoms with van der Waals surface area (Å²) in [5.41, 5.74) is 4.95. The number of rotatable bonds is 4. The minimum absolute atomic E-state index is 0.143. The molecule has 1 aliphatic rings. The van der Waals surface area contributed by atoms with Gasteiger partial charge in [-0.15, -0.1) is 5.10 Å². The molecule has 0 unspecified atom stereocenters. The fourth-order valence-electron chi connectivity index (χ4n) is 3.28. The molecule has 1 aromatic heterocycles. The Bertz CT molecular complexity index is 1010. The molecule has 7 heteroatoms. The minimum atomic E-state index is -0.276. The van der Waals surface area contributed by atoms with Gasteiger partial charge in [-0.05, 0) is 48.7 Å². The summed E-state index contributed by atoms with van der Waals surface area (Å²) in [6.45, 7) is 4.78. The molecule has 0 saturated carbocycles. The fourth-order valence-corrected chi connectivity index (χ4v) is 3.28. The predicted molar refractivity (Wildman–Crippen MR) is 104 cm³/mol. The lowest BCUT2D eigenvalue weighted by molar-refractivity contribution is -0.00173. The summed E-state index contributed by atoms with van der Waals surface area (Å²) in [4.78, 5) is 12.7. The first kappa shape index (κ1) is 18.2. The van der Waals surface area contributed by atoms with Crippen LogP contribution >= 0.6 is 0 Å². The molecule has 0 bridgehead atoms. The molecule has 1 N–H and O–H groups in total. The van der Waals surface area contributed by atoms with Gasteiger partial charge >= 0.3 is 0 Å². The zero-order valence-electron chi connectivity index (χ0n) is 16.1. The third-order valence-corrected chi connectivity index (χ3v) is 5.15. The maximum Gasteiger partial charge on any atom is 0.278 e. The molecular weight excluding hydrogens is 356 g/mol. The lowest BCUT2D eigenvalue weighted by Crippen LogP contribution is -2.24. The number of nitrogens with zero attached hydrogens (tertiary/aromatic N) is 3. The van der Waals surface area contributed by atoms with E-state index in [1.807, 2.05) is 56.3 Å². The van der Waals surface area contributed by atoms with Crippen LogP contribution in [-0.2, 0) is 17.9 Å². The number of carbonyl (C=O) groups excluding carboxylic acids is 1. The number of nitrogens with one attached hydrogen (secondary N) is 1. The van der Waals surface area contributed by atoms with Gasteiger partial charge in [-0.25, -0.2) is 4.68 Å². The average molecular weight is 378 g/mol. The van der Waals surface area contributed by atoms with E-state index in [2.05, 4.69) is 15.6 Å². The number of carbonyl (C=O) groups is 1. The lowest BCUT2D eigenvalue weighted by atomic mass is 10.1. The molecule has 144 valence electrons. The van der Waals surface area contributed by atoms with Crippen molar-refractivity contribution < 1.29 is 14.3 Å². The van der Waals surface area contributed by atoms with E-state index in [0.29, 0.717) is 17.9 Å². The SMILES string of the molecule is COc1ccc([C@H]2Cn3nnc(C(=O)Nc4cccc(C)c4C)c3CO2)cc1. The van der Waals surface area contributed by atoms with Crippen molar-refractivity contribution in [3.63, 3.8) is 0 Å². The van der Waals surface area contributed by atoms with E-state index in [4.69, 9.17) is 9.47 Å². The van der Waals surface area contributed by atoms with Crippen molar-refractivity contribution >= 4 is 11.6 Å². The molecule has 28 heavy (non-hydrogen) atoms. The van der Waals surface area contributed by atoms with Gasteiger partial charge in [-0.3, -0.25) is 4.79 Å². The van der Waals surface area contributed by atoms with E-state index in [1.165, 1.54) is 0 Å². The van der Waals surface area contributed by atoms with Crippen molar-refractivity contribution in [1.29, 1.82) is 0 Å². The Labute approximate surface area is 163 Å². The van der Waals surface area contributed by atoms with Gasteiger partial charge in [0.15, 0.2) is 5.69 Å². The number of ether oxygens (including phenoxy) is 2. The highest BCUT2D eigenvalue weighted by Gasteiger charge is 2.28. The Morgan fingerprint density at radius 2 is 2.00 bits per heavy atom. The number of aryl methyl sites for hydroxylation is 1. The van der Waals surface area contributed by atoms with Crippen LogP contribution in [0.15, 0.2) is 42.5 Å². The number of amides is 1. The lowest BCUT2D eigenvalue weighted by Gasteiger charge is -2.24. The molecule has 2 heterocycles. The molecule has 0 aliphatic carbocycles. The highest BCUT2D eigenvalue weighted by molar-refractivity contribution is 6.04. The van der Waals surface area contributed by atoms with E-state index >= 15 is 0 Å². The van der Waals surface area contributed by atoms with Gasteiger partial charge in [0.2, 0.25) is 0 Å². The Hall–Kier alpha value is -3.19. The summed E-state index contributed by atoms with van der Waals surface area (Å²) >= 11 is 0. The zero-order valence-corrected chi connectivity index (χ0v) is 16.1. The van der Waals surface area contributed by atoms with Crippen LogP contribution in [0.3, 0.4) is 0 Å². The maximum absolute atomic E-state index is 12.7. The van der Waals surface area contributed by atoms with Gasteiger partial charge in [-0.1, -0.05) is 29.5 Å². The zero-order chi connectivity index (χ0) is 19.7. The summed E-state index contributed by atoms with van der Waals surface area (Å²) in [7, 11) is 1.64. The van der Waals surface area contributed by atoms with Crippen molar-refractivity contribution in [2.75, 3.05) is 12.4 Å². The van der Waals surface area contributed by atoms with Gasteiger partial charge in [0.05, 0.1) is 26.0 Å². The summed E-state index contributed by atoms with van der Waals surface area (Å²) in [5.74, 6) is 0.521. The van der Waals surface area contributed by atoms with Crippen LogP contribution in [0.5, 0.6) is 5.75 Å². The number of methoxy groups -OCH3 is 1. The Morgan fingerprint density at radius 1 is 1.21 bits per heavy atom. The summed E-state index contributed by atoms with van der Waals surface area (Å²) < 4.78 is 12.9. The first-order valence-electron chi connectivity index (χ1n) is 9.12. The second-order valence-corrected chi connectivity index (χ2v) is 6.84. The summed E-state index contributed by atoms with van der Waals surface area (Å²) in [5, 5.41) is 11.2. The molecule has 1 aliphatic heterocycles. The van der Waals surface area contributed by atoms with Gasteiger partial charge in [-0.2, -0.15) is 0 Å². The fraction of sp³-hybridized carbons (Fsp3) is 0.286. The molecule has 4 rings (SSSR count). The highest BCUT2D eigenvalue weighted by Crippen LogP contribution is 2.28. The molecule has 1 atom stereocenters. The minimum Gasteiger partial charge on any atom is -0.497 e. The van der Waals surface area contributed by atoms with Crippen LogP contribution in [0, 0.1) is 13.8 Å². The summed E-state index contributed by atoms with van der Waals surface area (Å²) in [6.07, 6.45) is -0.143. The smallest absolute Gasteiger partial charge is 0.278 e. The van der Waals surface area contributed by atoms with E-state index in [1.54, 1.807) is 11.8 Å². The molecule has 2 aromatic carbocycles. The Balaban J connectivity index is 1.51.